The molecule has 4 unspecified atom stereocenters. The zero-order valence-corrected chi connectivity index (χ0v) is 26.8. The highest BCUT2D eigenvalue weighted by atomic mass is 16.1. The molecule has 242 valence electrons. The lowest BCUT2D eigenvalue weighted by Crippen LogP contribution is -2.38. The highest BCUT2D eigenvalue weighted by molar-refractivity contribution is 5.71. The molecule has 0 saturated carbocycles. The summed E-state index contributed by atoms with van der Waals surface area (Å²) in [6.07, 6.45) is 9.82. The molecule has 2 aromatic heterocycles. The van der Waals surface area contributed by atoms with Gasteiger partial charge in [-0.3, -0.25) is 9.80 Å². The highest BCUT2D eigenvalue weighted by Crippen LogP contribution is 2.34. The third kappa shape index (κ3) is 6.90. The molecule has 0 radical (unpaired) electrons. The molecule has 6 atom stereocenters. The van der Waals surface area contributed by atoms with Gasteiger partial charge >= 0.3 is 0 Å². The molecule has 10 nitrogen and oxygen atoms in total. The van der Waals surface area contributed by atoms with E-state index in [-0.39, 0.29) is 23.9 Å². The van der Waals surface area contributed by atoms with Crippen LogP contribution in [0.2, 0.25) is 0 Å². The first-order chi connectivity index (χ1) is 22.3. The molecule has 4 heterocycles. The summed E-state index contributed by atoms with van der Waals surface area (Å²) in [5.41, 5.74) is 18.4. The van der Waals surface area contributed by atoms with Crippen molar-refractivity contribution in [3.8, 4) is 33.6 Å². The van der Waals surface area contributed by atoms with Crippen LogP contribution in [0.25, 0.3) is 33.6 Å². The Morgan fingerprint density at radius 2 is 1.07 bits per heavy atom. The molecule has 6 N–H and O–H groups in total. The Kier molecular flexibility index (Phi) is 9.89. The van der Waals surface area contributed by atoms with E-state index in [2.05, 4.69) is 68.3 Å². The van der Waals surface area contributed by atoms with Crippen molar-refractivity contribution in [2.24, 2.45) is 23.3 Å². The van der Waals surface area contributed by atoms with Gasteiger partial charge in [0.2, 0.25) is 0 Å². The Bertz CT molecular complexity index is 1480. The average Bonchev–Trinajstić information content (AvgIpc) is 3.91. The second-order valence-corrected chi connectivity index (χ2v) is 13.2. The number of nitrogens with one attached hydrogen (secondary N) is 2. The number of H-pyrrole nitrogens is 2. The number of aldehydes is 2. The lowest BCUT2D eigenvalue weighted by atomic mass is 10.0. The summed E-state index contributed by atoms with van der Waals surface area (Å²) in [7, 11) is 0. The Morgan fingerprint density at radius 1 is 0.696 bits per heavy atom. The molecule has 0 amide bonds. The summed E-state index contributed by atoms with van der Waals surface area (Å²) in [6.45, 7) is 7.62. The SMILES string of the molecule is CC(CN1CCC[C@H]1c1ncc(-c2ccc(-c3ccc(-c4cnc([C@@H]5CCCN5CC(C)C(N)C=O)[nH]4)cc3)cc2)[nH]1)C(N)C=O. The van der Waals surface area contributed by atoms with Crippen LogP contribution >= 0.6 is 0 Å². The van der Waals surface area contributed by atoms with E-state index in [0.29, 0.717) is 0 Å². The number of nitrogens with two attached hydrogens (primary N) is 2. The van der Waals surface area contributed by atoms with Crippen LogP contribution in [-0.2, 0) is 9.59 Å². The van der Waals surface area contributed by atoms with Gasteiger partial charge in [0, 0.05) is 13.1 Å². The van der Waals surface area contributed by atoms with E-state index < -0.39 is 12.1 Å². The fourth-order valence-electron chi connectivity index (χ4n) is 6.95. The van der Waals surface area contributed by atoms with E-state index in [9.17, 15) is 9.59 Å². The quantitative estimate of drug-likeness (QED) is 0.156. The molecule has 4 aromatic rings. The van der Waals surface area contributed by atoms with Crippen LogP contribution in [0.15, 0.2) is 60.9 Å². The van der Waals surface area contributed by atoms with Crippen molar-refractivity contribution in [1.29, 1.82) is 0 Å². The Balaban J connectivity index is 1.09. The number of likely N-dealkylation sites (tertiary alicyclic amines) is 2. The number of imidazole rings is 2. The van der Waals surface area contributed by atoms with Gasteiger partial charge in [-0.2, -0.15) is 0 Å². The van der Waals surface area contributed by atoms with Gasteiger partial charge in [-0.25, -0.2) is 9.97 Å². The van der Waals surface area contributed by atoms with E-state index in [1.807, 2.05) is 26.2 Å². The number of rotatable bonds is 13. The number of hydrogen-bond acceptors (Lipinski definition) is 8. The Labute approximate surface area is 271 Å². The van der Waals surface area contributed by atoms with Crippen molar-refractivity contribution in [2.75, 3.05) is 26.2 Å². The molecule has 2 aromatic carbocycles. The highest BCUT2D eigenvalue weighted by Gasteiger charge is 2.31. The lowest BCUT2D eigenvalue weighted by Gasteiger charge is -2.27. The standard InChI is InChI=1S/C36H46N8O2/c1-23(29(37)21-45)19-43-15-3-5-33(43)35-39-17-31(41-35)27-11-7-25(8-12-27)26-9-13-28(14-10-26)32-18-40-36(42-32)34-6-4-16-44(34)20-24(2)30(38)22-46/h7-14,17-18,21-24,29-30,33-34H,3-6,15-16,19-20,37-38H2,1-2H3,(H,39,41)(H,40,42)/t23?,24?,29?,30?,33-,34-/m0/s1. The zero-order valence-electron chi connectivity index (χ0n) is 26.8. The summed E-state index contributed by atoms with van der Waals surface area (Å²) in [4.78, 5) is 43.7. The second kappa shape index (κ2) is 14.2. The van der Waals surface area contributed by atoms with Gasteiger partial charge < -0.3 is 31.0 Å². The number of carbonyl (C=O) groups is 2. The predicted molar refractivity (Wildman–Crippen MR) is 181 cm³/mol. The topological polar surface area (TPSA) is 150 Å². The van der Waals surface area contributed by atoms with Crippen LogP contribution < -0.4 is 11.5 Å². The number of benzene rings is 2. The minimum Gasteiger partial charge on any atom is -0.341 e. The molecule has 2 aliphatic rings. The molecule has 2 aliphatic heterocycles. The number of hydrogen-bond donors (Lipinski definition) is 4. The second-order valence-electron chi connectivity index (χ2n) is 13.2. The fraction of sp³-hybridized carbons (Fsp3) is 0.444. The fourth-order valence-corrected chi connectivity index (χ4v) is 6.95. The van der Waals surface area contributed by atoms with Crippen molar-refractivity contribution >= 4 is 12.6 Å². The maximum absolute atomic E-state index is 11.1. The number of carbonyl (C=O) groups excluding carboxylic acids is 2. The van der Waals surface area contributed by atoms with E-state index >= 15 is 0 Å². The largest absolute Gasteiger partial charge is 0.341 e. The minimum absolute atomic E-state index is 0.101. The first-order valence-electron chi connectivity index (χ1n) is 16.6. The van der Waals surface area contributed by atoms with Crippen LogP contribution in [0.4, 0.5) is 0 Å². The Hall–Kier alpha value is -3.96. The van der Waals surface area contributed by atoms with Gasteiger partial charge in [0.25, 0.3) is 0 Å². The van der Waals surface area contributed by atoms with E-state index in [1.54, 1.807) is 0 Å². The van der Waals surface area contributed by atoms with Gasteiger partial charge in [-0.05, 0) is 72.9 Å². The third-order valence-corrected chi connectivity index (χ3v) is 9.95. The maximum Gasteiger partial charge on any atom is 0.137 e. The molecule has 6 rings (SSSR count). The third-order valence-electron chi connectivity index (χ3n) is 9.95. The monoisotopic (exact) mass is 622 g/mol. The summed E-state index contributed by atoms with van der Waals surface area (Å²) >= 11 is 0. The van der Waals surface area contributed by atoms with Crippen LogP contribution in [0.5, 0.6) is 0 Å². The molecular weight excluding hydrogens is 576 g/mol. The zero-order chi connectivity index (χ0) is 32.2. The molecule has 10 heteroatoms. The molecule has 0 spiro atoms. The molecule has 0 bridgehead atoms. The first kappa shape index (κ1) is 32.0. The molecule has 2 saturated heterocycles. The maximum atomic E-state index is 11.1. The van der Waals surface area contributed by atoms with E-state index in [1.165, 1.54) is 0 Å². The van der Waals surface area contributed by atoms with Crippen molar-refractivity contribution in [2.45, 2.75) is 63.7 Å². The summed E-state index contributed by atoms with van der Waals surface area (Å²) in [5.74, 6) is 2.14. The summed E-state index contributed by atoms with van der Waals surface area (Å²) in [6, 6.07) is 16.7. The number of nitrogens with zero attached hydrogens (tertiary/aromatic N) is 4. The van der Waals surface area contributed by atoms with E-state index in [0.717, 1.165) is 110 Å². The molecule has 2 fully saturated rings. The van der Waals surface area contributed by atoms with Crippen molar-refractivity contribution in [3.63, 3.8) is 0 Å². The smallest absolute Gasteiger partial charge is 0.137 e. The lowest BCUT2D eigenvalue weighted by molar-refractivity contribution is -0.110. The predicted octanol–water partition coefficient (Wildman–Crippen LogP) is 4.73. The summed E-state index contributed by atoms with van der Waals surface area (Å²) < 4.78 is 0. The summed E-state index contributed by atoms with van der Waals surface area (Å²) in [5, 5.41) is 0. The normalized spacial score (nSPS) is 21.7. The van der Waals surface area contributed by atoms with Crippen LogP contribution in [0.3, 0.4) is 0 Å². The number of aromatic amines is 2. The minimum atomic E-state index is -0.439. The Morgan fingerprint density at radius 3 is 1.43 bits per heavy atom. The molecule has 46 heavy (non-hydrogen) atoms. The van der Waals surface area contributed by atoms with Gasteiger partial charge in [0.1, 0.15) is 24.2 Å². The van der Waals surface area contributed by atoms with Gasteiger partial charge in [-0.1, -0.05) is 62.4 Å². The molecule has 0 aliphatic carbocycles. The van der Waals surface area contributed by atoms with Crippen molar-refractivity contribution in [1.82, 2.24) is 29.7 Å². The van der Waals surface area contributed by atoms with Gasteiger partial charge in [0.05, 0.1) is 47.9 Å². The van der Waals surface area contributed by atoms with Crippen molar-refractivity contribution < 1.29 is 9.59 Å². The van der Waals surface area contributed by atoms with Crippen molar-refractivity contribution in [3.05, 3.63) is 72.6 Å². The first-order valence-corrected chi connectivity index (χ1v) is 16.6. The van der Waals surface area contributed by atoms with Crippen LogP contribution in [0, 0.1) is 11.8 Å². The number of aromatic nitrogens is 4. The van der Waals surface area contributed by atoms with E-state index in [4.69, 9.17) is 21.4 Å². The van der Waals surface area contributed by atoms with Gasteiger partial charge in [-0.15, -0.1) is 0 Å². The van der Waals surface area contributed by atoms with Crippen LogP contribution in [0.1, 0.15) is 63.3 Å². The van der Waals surface area contributed by atoms with Gasteiger partial charge in [0.15, 0.2) is 0 Å². The average molecular weight is 623 g/mol. The molecular formula is C36H46N8O2. The van der Waals surface area contributed by atoms with Crippen LogP contribution in [-0.4, -0.2) is 80.6 Å².